The maximum absolute atomic E-state index is 12.9. The number of ether oxygens (including phenoxy) is 1. The molecule has 0 fully saturated rings. The average Bonchev–Trinajstić information content (AvgIpc) is 2.56. The van der Waals surface area contributed by atoms with Crippen LogP contribution in [0.3, 0.4) is 0 Å². The monoisotopic (exact) mass is 338 g/mol. The predicted octanol–water partition coefficient (Wildman–Crippen LogP) is 3.72. The zero-order valence-corrected chi connectivity index (χ0v) is 13.1. The van der Waals surface area contributed by atoms with Crippen LogP contribution in [0.15, 0.2) is 60.7 Å². The largest absolute Gasteiger partial charge is 0.507 e. The fraction of sp³-hybridized carbons (Fsp3) is 0. The van der Waals surface area contributed by atoms with Crippen molar-refractivity contribution in [1.29, 1.82) is 0 Å². The Labute approximate surface area is 143 Å². The second-order valence-corrected chi connectivity index (χ2v) is 5.45. The van der Waals surface area contributed by atoms with Gasteiger partial charge in [0.05, 0.1) is 5.56 Å². The number of ketones is 1. The van der Waals surface area contributed by atoms with Gasteiger partial charge >= 0.3 is 0 Å². The lowest BCUT2D eigenvalue weighted by atomic mass is 10.0. The van der Waals surface area contributed by atoms with Crippen molar-refractivity contribution in [3.05, 3.63) is 77.6 Å². The number of phenols is 1. The molecule has 25 heavy (non-hydrogen) atoms. The molecule has 0 aromatic heterocycles. The standard InChI is InChI=1S/C19H15FN2O3/c20-12-1-3-15(4-2-12)25-16-5-6-17(18(23)10-16)19(24)11-7-13(21)9-14(22)8-11/h1-10,23H,21-22H2. The molecule has 0 saturated carbocycles. The van der Waals surface area contributed by atoms with E-state index in [0.29, 0.717) is 22.9 Å². The van der Waals surface area contributed by atoms with Gasteiger partial charge in [0.25, 0.3) is 0 Å². The summed E-state index contributed by atoms with van der Waals surface area (Å²) in [4.78, 5) is 12.5. The van der Waals surface area contributed by atoms with Crippen molar-refractivity contribution in [3.8, 4) is 17.2 Å². The fourth-order valence-corrected chi connectivity index (χ4v) is 2.37. The summed E-state index contributed by atoms with van der Waals surface area (Å²) in [6.07, 6.45) is 0. The van der Waals surface area contributed by atoms with Gasteiger partial charge in [0.2, 0.25) is 0 Å². The van der Waals surface area contributed by atoms with Gasteiger partial charge in [0.15, 0.2) is 5.78 Å². The number of aromatic hydroxyl groups is 1. The molecule has 0 saturated heterocycles. The lowest BCUT2D eigenvalue weighted by Crippen LogP contribution is -2.04. The van der Waals surface area contributed by atoms with Crippen molar-refractivity contribution in [1.82, 2.24) is 0 Å². The summed E-state index contributed by atoms with van der Waals surface area (Å²) in [5.74, 6) is -0.316. The number of halogens is 1. The maximum Gasteiger partial charge on any atom is 0.196 e. The Morgan fingerprint density at radius 1 is 0.880 bits per heavy atom. The molecule has 0 bridgehead atoms. The van der Waals surface area contributed by atoms with Gasteiger partial charge in [-0.2, -0.15) is 0 Å². The molecule has 0 heterocycles. The molecule has 5 nitrogen and oxygen atoms in total. The molecule has 126 valence electrons. The summed E-state index contributed by atoms with van der Waals surface area (Å²) in [5, 5.41) is 10.2. The molecule has 0 aliphatic carbocycles. The van der Waals surface area contributed by atoms with Crippen LogP contribution in [-0.2, 0) is 0 Å². The third-order valence-corrected chi connectivity index (χ3v) is 3.50. The van der Waals surface area contributed by atoms with Crippen LogP contribution in [0, 0.1) is 5.82 Å². The van der Waals surface area contributed by atoms with E-state index in [9.17, 15) is 14.3 Å². The lowest BCUT2D eigenvalue weighted by molar-refractivity contribution is 0.103. The van der Waals surface area contributed by atoms with E-state index in [4.69, 9.17) is 16.2 Å². The van der Waals surface area contributed by atoms with Crippen LogP contribution in [0.4, 0.5) is 15.8 Å². The highest BCUT2D eigenvalue weighted by Gasteiger charge is 2.15. The van der Waals surface area contributed by atoms with E-state index in [0.717, 1.165) is 0 Å². The van der Waals surface area contributed by atoms with Crippen LogP contribution >= 0.6 is 0 Å². The van der Waals surface area contributed by atoms with Crippen LogP contribution in [0.5, 0.6) is 17.2 Å². The Hall–Kier alpha value is -3.54. The Balaban J connectivity index is 1.86. The van der Waals surface area contributed by atoms with Crippen LogP contribution in [0.2, 0.25) is 0 Å². The summed E-state index contributed by atoms with van der Waals surface area (Å²) in [5.41, 5.74) is 12.5. The molecule has 0 spiro atoms. The van der Waals surface area contributed by atoms with E-state index in [1.54, 1.807) is 0 Å². The van der Waals surface area contributed by atoms with Crippen molar-refractivity contribution in [2.45, 2.75) is 0 Å². The Bertz CT molecular complexity index is 920. The Kier molecular flexibility index (Phi) is 4.26. The molecular weight excluding hydrogens is 323 g/mol. The first kappa shape index (κ1) is 16.3. The van der Waals surface area contributed by atoms with Crippen molar-refractivity contribution in [3.63, 3.8) is 0 Å². The summed E-state index contributed by atoms with van der Waals surface area (Å²) in [6, 6.07) is 14.2. The van der Waals surface area contributed by atoms with Gasteiger partial charge in [-0.25, -0.2) is 4.39 Å². The second-order valence-electron chi connectivity index (χ2n) is 5.45. The first-order chi connectivity index (χ1) is 11.9. The number of nitrogen functional groups attached to an aromatic ring is 2. The number of phenolic OH excluding ortho intramolecular Hbond substituents is 1. The van der Waals surface area contributed by atoms with Crippen molar-refractivity contribution in [2.75, 3.05) is 11.5 Å². The molecule has 3 rings (SSSR count). The van der Waals surface area contributed by atoms with E-state index < -0.39 is 5.78 Å². The van der Waals surface area contributed by atoms with Gasteiger partial charge in [-0.1, -0.05) is 0 Å². The third-order valence-electron chi connectivity index (χ3n) is 3.50. The van der Waals surface area contributed by atoms with Gasteiger partial charge in [-0.15, -0.1) is 0 Å². The zero-order chi connectivity index (χ0) is 18.0. The third kappa shape index (κ3) is 3.69. The van der Waals surface area contributed by atoms with Gasteiger partial charge in [0.1, 0.15) is 23.1 Å². The number of rotatable bonds is 4. The number of benzene rings is 3. The molecule has 0 radical (unpaired) electrons. The quantitative estimate of drug-likeness (QED) is 0.497. The van der Waals surface area contributed by atoms with Gasteiger partial charge < -0.3 is 21.3 Å². The molecule has 0 atom stereocenters. The maximum atomic E-state index is 12.9. The first-order valence-corrected chi connectivity index (χ1v) is 7.39. The van der Waals surface area contributed by atoms with Crippen molar-refractivity contribution < 1.29 is 19.0 Å². The Morgan fingerprint density at radius 3 is 2.08 bits per heavy atom. The minimum atomic E-state index is -0.412. The highest BCUT2D eigenvalue weighted by molar-refractivity contribution is 6.11. The second kappa shape index (κ2) is 6.52. The van der Waals surface area contributed by atoms with Gasteiger partial charge in [0, 0.05) is 23.0 Å². The molecular formula is C19H15FN2O3. The zero-order valence-electron chi connectivity index (χ0n) is 13.1. The topological polar surface area (TPSA) is 98.6 Å². The summed E-state index contributed by atoms with van der Waals surface area (Å²) < 4.78 is 18.4. The Morgan fingerprint density at radius 2 is 1.48 bits per heavy atom. The lowest BCUT2D eigenvalue weighted by Gasteiger charge is -2.09. The van der Waals surface area contributed by atoms with E-state index in [1.807, 2.05) is 0 Å². The number of hydrogen-bond donors (Lipinski definition) is 3. The smallest absolute Gasteiger partial charge is 0.196 e. The number of nitrogens with two attached hydrogens (primary N) is 2. The van der Waals surface area contributed by atoms with Crippen LogP contribution in [-0.4, -0.2) is 10.9 Å². The molecule has 3 aromatic rings. The van der Waals surface area contributed by atoms with E-state index in [2.05, 4.69) is 0 Å². The van der Waals surface area contributed by atoms with Crippen molar-refractivity contribution >= 4 is 17.2 Å². The number of anilines is 2. The minimum absolute atomic E-state index is 0.0939. The fourth-order valence-electron chi connectivity index (χ4n) is 2.37. The van der Waals surface area contributed by atoms with E-state index >= 15 is 0 Å². The molecule has 6 heteroatoms. The highest BCUT2D eigenvalue weighted by atomic mass is 19.1. The summed E-state index contributed by atoms with van der Waals surface area (Å²) in [6.45, 7) is 0. The molecule has 0 unspecified atom stereocenters. The summed E-state index contributed by atoms with van der Waals surface area (Å²) >= 11 is 0. The molecule has 3 aromatic carbocycles. The molecule has 0 aliphatic rings. The molecule has 5 N–H and O–H groups in total. The predicted molar refractivity (Wildman–Crippen MR) is 93.3 cm³/mol. The van der Waals surface area contributed by atoms with Crippen molar-refractivity contribution in [2.24, 2.45) is 0 Å². The normalized spacial score (nSPS) is 10.4. The van der Waals surface area contributed by atoms with Crippen LogP contribution in [0.25, 0.3) is 0 Å². The van der Waals surface area contributed by atoms with Crippen LogP contribution in [0.1, 0.15) is 15.9 Å². The number of hydrogen-bond acceptors (Lipinski definition) is 5. The average molecular weight is 338 g/mol. The summed E-state index contributed by atoms with van der Waals surface area (Å²) in [7, 11) is 0. The van der Waals surface area contributed by atoms with Crippen LogP contribution < -0.4 is 16.2 Å². The first-order valence-electron chi connectivity index (χ1n) is 7.39. The van der Waals surface area contributed by atoms with Gasteiger partial charge in [-0.05, 0) is 54.6 Å². The van der Waals surface area contributed by atoms with E-state index in [1.165, 1.54) is 60.7 Å². The molecule has 0 aliphatic heterocycles. The van der Waals surface area contributed by atoms with Gasteiger partial charge in [-0.3, -0.25) is 4.79 Å². The molecule has 0 amide bonds. The minimum Gasteiger partial charge on any atom is -0.507 e. The number of carbonyl (C=O) groups excluding carboxylic acids is 1. The SMILES string of the molecule is Nc1cc(N)cc(C(=O)c2ccc(Oc3ccc(F)cc3)cc2O)c1. The highest BCUT2D eigenvalue weighted by Crippen LogP contribution is 2.29. The van der Waals surface area contributed by atoms with E-state index in [-0.39, 0.29) is 22.7 Å². The number of carbonyl (C=O) groups is 1.